The lowest BCUT2D eigenvalue weighted by Crippen LogP contribution is -2.32. The molecule has 0 unspecified atom stereocenters. The van der Waals surface area contributed by atoms with E-state index in [-0.39, 0.29) is 6.10 Å². The Hall–Kier alpha value is -1.20. The van der Waals surface area contributed by atoms with Gasteiger partial charge < -0.3 is 10.0 Å². The third-order valence-electron chi connectivity index (χ3n) is 3.82. The van der Waals surface area contributed by atoms with E-state index in [2.05, 4.69) is 30.8 Å². The van der Waals surface area contributed by atoms with E-state index in [1.807, 2.05) is 31.5 Å². The number of anilines is 1. The number of aliphatic hydroxyl groups is 1. The summed E-state index contributed by atoms with van der Waals surface area (Å²) >= 11 is 3.44. The van der Waals surface area contributed by atoms with Crippen molar-refractivity contribution in [3.63, 3.8) is 0 Å². The molecule has 0 radical (unpaired) electrons. The van der Waals surface area contributed by atoms with E-state index in [1.54, 1.807) is 0 Å². The molecule has 2 aromatic rings. The van der Waals surface area contributed by atoms with Crippen molar-refractivity contribution in [3.05, 3.63) is 29.0 Å². The molecule has 106 valence electrons. The van der Waals surface area contributed by atoms with Crippen molar-refractivity contribution in [2.24, 2.45) is 0 Å². The van der Waals surface area contributed by atoms with Crippen LogP contribution in [0.5, 0.6) is 0 Å². The molecule has 0 aromatic carbocycles. The highest BCUT2D eigenvalue weighted by molar-refractivity contribution is 9.10. The Morgan fingerprint density at radius 1 is 1.50 bits per heavy atom. The van der Waals surface area contributed by atoms with E-state index in [4.69, 9.17) is 0 Å². The molecule has 0 saturated carbocycles. The molecule has 3 heterocycles. The zero-order valence-corrected chi connectivity index (χ0v) is 13.0. The number of hydrogen-bond donors (Lipinski definition) is 1. The summed E-state index contributed by atoms with van der Waals surface area (Å²) in [6.07, 6.45) is 6.48. The summed E-state index contributed by atoms with van der Waals surface area (Å²) in [6, 6.07) is 4.42. The fourth-order valence-corrected chi connectivity index (χ4v) is 3.33. The number of rotatable bonds is 3. The van der Waals surface area contributed by atoms with Crippen LogP contribution in [0.1, 0.15) is 26.2 Å². The Kier molecular flexibility index (Phi) is 3.89. The average molecular weight is 336 g/mol. The van der Waals surface area contributed by atoms with Crippen molar-refractivity contribution in [3.8, 4) is 0 Å². The minimum absolute atomic E-state index is 0.268. The minimum Gasteiger partial charge on any atom is -0.393 e. The molecule has 1 N–H and O–H groups in total. The molecular formula is C15H18BrN3O. The second-order valence-corrected chi connectivity index (χ2v) is 6.34. The van der Waals surface area contributed by atoms with Gasteiger partial charge in [-0.05, 0) is 54.2 Å². The van der Waals surface area contributed by atoms with E-state index >= 15 is 0 Å². The van der Waals surface area contributed by atoms with Crippen molar-refractivity contribution < 1.29 is 5.11 Å². The average Bonchev–Trinajstić information content (AvgIpc) is 2.84. The lowest BCUT2D eigenvalue weighted by Gasteiger charge is -2.28. The number of aliphatic hydroxyl groups excluding tert-OH is 1. The summed E-state index contributed by atoms with van der Waals surface area (Å²) in [6.45, 7) is 2.88. The number of halogens is 1. The number of nitrogens with zero attached hydrogens (tertiary/aromatic N) is 3. The Bertz CT molecular complexity index is 617. The summed E-state index contributed by atoms with van der Waals surface area (Å²) in [5.41, 5.74) is 2.97. The fraction of sp³-hybridized carbons (Fsp3) is 0.467. The lowest BCUT2D eigenvalue weighted by molar-refractivity contribution is 0.175. The van der Waals surface area contributed by atoms with Gasteiger partial charge >= 0.3 is 0 Å². The highest BCUT2D eigenvalue weighted by Crippen LogP contribution is 2.32. The molecule has 1 fully saturated rings. The Labute approximate surface area is 127 Å². The smallest absolute Gasteiger partial charge is 0.112 e. The first-order chi connectivity index (χ1) is 9.65. The summed E-state index contributed by atoms with van der Waals surface area (Å²) in [5, 5.41) is 9.67. The number of hydrogen-bond acceptors (Lipinski definition) is 4. The first-order valence-corrected chi connectivity index (χ1v) is 7.79. The molecule has 0 spiro atoms. The Morgan fingerprint density at radius 2 is 2.35 bits per heavy atom. The van der Waals surface area contributed by atoms with E-state index < -0.39 is 0 Å². The second-order valence-electron chi connectivity index (χ2n) is 5.43. The van der Waals surface area contributed by atoms with Crippen molar-refractivity contribution in [2.45, 2.75) is 38.3 Å². The lowest BCUT2D eigenvalue weighted by atomic mass is 10.1. The maximum absolute atomic E-state index is 9.67. The van der Waals surface area contributed by atoms with E-state index in [0.29, 0.717) is 6.04 Å². The summed E-state index contributed by atoms with van der Waals surface area (Å²) < 4.78 is 0.941. The summed E-state index contributed by atoms with van der Waals surface area (Å²) in [5.74, 6) is 0. The highest BCUT2D eigenvalue weighted by atomic mass is 79.9. The van der Waals surface area contributed by atoms with Crippen molar-refractivity contribution in [2.75, 3.05) is 11.4 Å². The van der Waals surface area contributed by atoms with Crippen LogP contribution in [0.4, 0.5) is 5.69 Å². The zero-order valence-electron chi connectivity index (χ0n) is 11.5. The van der Waals surface area contributed by atoms with Crippen LogP contribution in [0.15, 0.2) is 29.0 Å². The third kappa shape index (κ3) is 2.65. The molecule has 4 nitrogen and oxygen atoms in total. The number of pyridine rings is 2. The molecule has 1 saturated heterocycles. The van der Waals surface area contributed by atoms with Crippen LogP contribution >= 0.6 is 15.9 Å². The highest BCUT2D eigenvalue weighted by Gasteiger charge is 2.27. The molecule has 3 rings (SSSR count). The Balaban J connectivity index is 2.01. The normalized spacial score (nSPS) is 20.6. The SMILES string of the molecule is C[C@@H](O)C[C@@H]1CCCN1c1ccnc2cc(Br)cnc12. The summed E-state index contributed by atoms with van der Waals surface area (Å²) in [4.78, 5) is 11.3. The van der Waals surface area contributed by atoms with Gasteiger partial charge in [0, 0.05) is 29.5 Å². The molecule has 0 bridgehead atoms. The molecule has 1 aliphatic heterocycles. The van der Waals surface area contributed by atoms with Gasteiger partial charge in [0.05, 0.1) is 17.3 Å². The maximum Gasteiger partial charge on any atom is 0.112 e. The van der Waals surface area contributed by atoms with Gasteiger partial charge in [-0.25, -0.2) is 0 Å². The van der Waals surface area contributed by atoms with Gasteiger partial charge in [-0.2, -0.15) is 0 Å². The molecule has 20 heavy (non-hydrogen) atoms. The van der Waals surface area contributed by atoms with Gasteiger partial charge in [0.25, 0.3) is 0 Å². The minimum atomic E-state index is -0.268. The number of aromatic nitrogens is 2. The van der Waals surface area contributed by atoms with Gasteiger partial charge in [0.1, 0.15) is 5.52 Å². The van der Waals surface area contributed by atoms with Crippen LogP contribution in [0, 0.1) is 0 Å². The summed E-state index contributed by atoms with van der Waals surface area (Å²) in [7, 11) is 0. The van der Waals surface area contributed by atoms with E-state index in [0.717, 1.165) is 47.0 Å². The van der Waals surface area contributed by atoms with E-state index in [9.17, 15) is 5.11 Å². The molecular weight excluding hydrogens is 318 g/mol. The van der Waals surface area contributed by atoms with E-state index in [1.165, 1.54) is 0 Å². The molecule has 2 atom stereocenters. The molecule has 2 aromatic heterocycles. The fourth-order valence-electron chi connectivity index (χ4n) is 3.01. The number of fused-ring (bicyclic) bond motifs is 1. The predicted octanol–water partition coefficient (Wildman–Crippen LogP) is 3.13. The maximum atomic E-state index is 9.67. The van der Waals surface area contributed by atoms with Crippen LogP contribution in [-0.4, -0.2) is 33.8 Å². The van der Waals surface area contributed by atoms with Crippen LogP contribution in [0.3, 0.4) is 0 Å². The quantitative estimate of drug-likeness (QED) is 0.936. The standard InChI is InChI=1S/C15H18BrN3O/c1-10(20)7-12-3-2-6-19(12)14-4-5-17-13-8-11(16)9-18-15(13)14/h4-5,8-10,12,20H,2-3,6-7H2,1H3/t10-,12+/m1/s1. The van der Waals surface area contributed by atoms with Crippen molar-refractivity contribution in [1.29, 1.82) is 0 Å². The third-order valence-corrected chi connectivity index (χ3v) is 4.26. The first kappa shape index (κ1) is 13.8. The van der Waals surface area contributed by atoms with Crippen LogP contribution in [-0.2, 0) is 0 Å². The first-order valence-electron chi connectivity index (χ1n) is 7.00. The van der Waals surface area contributed by atoms with Gasteiger partial charge in [-0.15, -0.1) is 0 Å². The largest absolute Gasteiger partial charge is 0.393 e. The predicted molar refractivity (Wildman–Crippen MR) is 83.9 cm³/mol. The second kappa shape index (κ2) is 5.66. The van der Waals surface area contributed by atoms with Gasteiger partial charge in [0.2, 0.25) is 0 Å². The van der Waals surface area contributed by atoms with Crippen LogP contribution in [0.2, 0.25) is 0 Å². The topological polar surface area (TPSA) is 49.2 Å². The van der Waals surface area contributed by atoms with Crippen LogP contribution < -0.4 is 4.90 Å². The molecule has 0 aliphatic carbocycles. The van der Waals surface area contributed by atoms with Crippen molar-refractivity contribution in [1.82, 2.24) is 9.97 Å². The molecule has 0 amide bonds. The zero-order chi connectivity index (χ0) is 14.1. The Morgan fingerprint density at radius 3 is 3.15 bits per heavy atom. The monoisotopic (exact) mass is 335 g/mol. The van der Waals surface area contributed by atoms with Gasteiger partial charge in [0.15, 0.2) is 0 Å². The molecule has 5 heteroatoms. The van der Waals surface area contributed by atoms with Gasteiger partial charge in [-0.3, -0.25) is 9.97 Å². The van der Waals surface area contributed by atoms with Crippen LogP contribution in [0.25, 0.3) is 11.0 Å². The van der Waals surface area contributed by atoms with Crippen molar-refractivity contribution >= 4 is 32.7 Å². The van der Waals surface area contributed by atoms with Gasteiger partial charge in [-0.1, -0.05) is 0 Å². The molecule has 1 aliphatic rings.